The second-order valence-corrected chi connectivity index (χ2v) is 4.18. The summed E-state index contributed by atoms with van der Waals surface area (Å²) in [7, 11) is 0. The first-order valence-electron chi connectivity index (χ1n) is 4.84. The van der Waals surface area contributed by atoms with Crippen LogP contribution in [0.15, 0.2) is 0 Å². The highest BCUT2D eigenvalue weighted by atomic mass is 16.6. The van der Waals surface area contributed by atoms with Gasteiger partial charge >= 0.3 is 0 Å². The lowest BCUT2D eigenvalue weighted by atomic mass is 9.97. The zero-order valence-electron chi connectivity index (χ0n) is 7.44. The Morgan fingerprint density at radius 1 is 1.23 bits per heavy atom. The van der Waals surface area contributed by atoms with E-state index < -0.39 is 0 Å². The summed E-state index contributed by atoms with van der Waals surface area (Å²) < 4.78 is 15.8. The minimum Gasteiger partial charge on any atom is -0.393 e. The van der Waals surface area contributed by atoms with Crippen LogP contribution in [0.1, 0.15) is 12.8 Å². The number of rotatable bonds is 5. The molecule has 3 fully saturated rings. The second-order valence-electron chi connectivity index (χ2n) is 4.18. The number of aliphatic hydroxyl groups excluding tert-OH is 1. The van der Waals surface area contributed by atoms with E-state index in [0.29, 0.717) is 12.2 Å². The lowest BCUT2D eigenvalue weighted by Crippen LogP contribution is -2.23. The minimum atomic E-state index is -0.285. The summed E-state index contributed by atoms with van der Waals surface area (Å²) >= 11 is 0. The van der Waals surface area contributed by atoms with Gasteiger partial charge in [0, 0.05) is 12.8 Å². The molecular formula is C9H14O4. The third-order valence-electron chi connectivity index (χ3n) is 3.03. The molecule has 4 heteroatoms. The molecule has 3 heterocycles. The Kier molecular flexibility index (Phi) is 1.68. The molecule has 3 aliphatic rings. The Morgan fingerprint density at radius 3 is 2.46 bits per heavy atom. The predicted molar refractivity (Wildman–Crippen MR) is 43.4 cm³/mol. The van der Waals surface area contributed by atoms with Gasteiger partial charge in [0.15, 0.2) is 0 Å². The van der Waals surface area contributed by atoms with Crippen LogP contribution < -0.4 is 0 Å². The van der Waals surface area contributed by atoms with Gasteiger partial charge < -0.3 is 19.3 Å². The van der Waals surface area contributed by atoms with Crippen molar-refractivity contribution < 1.29 is 19.3 Å². The average Bonchev–Trinajstić information content (AvgIpc) is 2.90. The van der Waals surface area contributed by atoms with Crippen LogP contribution in [-0.2, 0) is 14.2 Å². The van der Waals surface area contributed by atoms with Crippen LogP contribution in [0, 0.1) is 0 Å². The maximum Gasteiger partial charge on any atom is 0.120 e. The van der Waals surface area contributed by atoms with Crippen LogP contribution in [0.5, 0.6) is 0 Å². The number of hydrogen-bond acceptors (Lipinski definition) is 4. The standard InChI is InChI=1S/C9H14O4/c10-5-9(2-7-4-12-7)8(13-9)1-6-3-11-6/h6-8,10H,1-5H2/t6?,7?,8?,9-/m1/s1. The van der Waals surface area contributed by atoms with Crippen LogP contribution in [0.3, 0.4) is 0 Å². The lowest BCUT2D eigenvalue weighted by Gasteiger charge is -2.06. The van der Waals surface area contributed by atoms with E-state index in [1.165, 1.54) is 0 Å². The Hall–Kier alpha value is -0.160. The summed E-state index contributed by atoms with van der Waals surface area (Å²) in [5.74, 6) is 0. The fourth-order valence-electron chi connectivity index (χ4n) is 1.91. The van der Waals surface area contributed by atoms with Gasteiger partial charge in [-0.3, -0.25) is 0 Å². The molecule has 0 aromatic rings. The van der Waals surface area contributed by atoms with Crippen molar-refractivity contribution in [2.24, 2.45) is 0 Å². The summed E-state index contributed by atoms with van der Waals surface area (Å²) in [6.45, 7) is 1.81. The molecule has 0 bridgehead atoms. The van der Waals surface area contributed by atoms with Gasteiger partial charge in [-0.1, -0.05) is 0 Å². The Labute approximate surface area is 76.8 Å². The van der Waals surface area contributed by atoms with Crippen LogP contribution in [0.25, 0.3) is 0 Å². The van der Waals surface area contributed by atoms with Crippen molar-refractivity contribution in [2.75, 3.05) is 19.8 Å². The molecule has 0 aromatic carbocycles. The SMILES string of the molecule is OC[C@@]1(CC2CO2)OC1CC1CO1. The maximum absolute atomic E-state index is 9.22. The number of epoxide rings is 3. The van der Waals surface area contributed by atoms with Gasteiger partial charge in [-0.25, -0.2) is 0 Å². The molecule has 3 unspecified atom stereocenters. The van der Waals surface area contributed by atoms with Crippen molar-refractivity contribution in [3.05, 3.63) is 0 Å². The van der Waals surface area contributed by atoms with E-state index in [1.54, 1.807) is 0 Å². The number of hydrogen-bond donors (Lipinski definition) is 1. The fraction of sp³-hybridized carbons (Fsp3) is 1.00. The zero-order valence-corrected chi connectivity index (χ0v) is 7.44. The van der Waals surface area contributed by atoms with Crippen molar-refractivity contribution in [1.82, 2.24) is 0 Å². The number of ether oxygens (including phenoxy) is 3. The zero-order chi connectivity index (χ0) is 8.89. The van der Waals surface area contributed by atoms with E-state index in [1.807, 2.05) is 0 Å². The molecule has 1 N–H and O–H groups in total. The first-order valence-corrected chi connectivity index (χ1v) is 4.84. The highest BCUT2D eigenvalue weighted by Crippen LogP contribution is 2.46. The summed E-state index contributed by atoms with van der Waals surface area (Å²) in [6.07, 6.45) is 2.71. The Balaban J connectivity index is 1.53. The molecule has 3 aliphatic heterocycles. The molecule has 0 aliphatic carbocycles. The molecule has 0 radical (unpaired) electrons. The highest BCUT2D eigenvalue weighted by Gasteiger charge is 2.59. The Bertz CT molecular complexity index is 212. The van der Waals surface area contributed by atoms with E-state index in [9.17, 15) is 5.11 Å². The third-order valence-corrected chi connectivity index (χ3v) is 3.03. The van der Waals surface area contributed by atoms with Gasteiger partial charge in [0.25, 0.3) is 0 Å². The van der Waals surface area contributed by atoms with E-state index in [0.717, 1.165) is 26.1 Å². The van der Waals surface area contributed by atoms with Gasteiger partial charge in [0.2, 0.25) is 0 Å². The second kappa shape index (κ2) is 2.67. The van der Waals surface area contributed by atoms with Gasteiger partial charge in [0.05, 0.1) is 38.1 Å². The maximum atomic E-state index is 9.22. The molecule has 0 saturated carbocycles. The summed E-state index contributed by atoms with van der Waals surface area (Å²) in [6, 6.07) is 0. The first-order chi connectivity index (χ1) is 6.32. The van der Waals surface area contributed by atoms with Gasteiger partial charge in [-0.15, -0.1) is 0 Å². The summed E-state index contributed by atoms with van der Waals surface area (Å²) in [5.41, 5.74) is -0.285. The normalized spacial score (nSPS) is 51.9. The van der Waals surface area contributed by atoms with Crippen molar-refractivity contribution >= 4 is 0 Å². The highest BCUT2D eigenvalue weighted by molar-refractivity contribution is 5.06. The molecule has 13 heavy (non-hydrogen) atoms. The molecule has 3 rings (SSSR count). The predicted octanol–water partition coefficient (Wildman–Crippen LogP) is -0.306. The van der Waals surface area contributed by atoms with E-state index in [-0.39, 0.29) is 18.3 Å². The number of aliphatic hydroxyl groups is 1. The largest absolute Gasteiger partial charge is 0.393 e. The van der Waals surface area contributed by atoms with Gasteiger partial charge in [-0.05, 0) is 0 Å². The molecular weight excluding hydrogens is 172 g/mol. The minimum absolute atomic E-state index is 0.115. The van der Waals surface area contributed by atoms with Crippen LogP contribution in [0.4, 0.5) is 0 Å². The molecule has 74 valence electrons. The van der Waals surface area contributed by atoms with Gasteiger partial charge in [0.1, 0.15) is 5.60 Å². The molecule has 0 spiro atoms. The smallest absolute Gasteiger partial charge is 0.120 e. The molecule has 4 atom stereocenters. The quantitative estimate of drug-likeness (QED) is 0.598. The van der Waals surface area contributed by atoms with Crippen LogP contribution >= 0.6 is 0 Å². The van der Waals surface area contributed by atoms with Crippen LogP contribution in [-0.4, -0.2) is 48.8 Å². The topological polar surface area (TPSA) is 57.8 Å². The lowest BCUT2D eigenvalue weighted by molar-refractivity contribution is 0.154. The summed E-state index contributed by atoms with van der Waals surface area (Å²) in [5, 5.41) is 9.22. The van der Waals surface area contributed by atoms with E-state index in [4.69, 9.17) is 14.2 Å². The summed E-state index contributed by atoms with van der Waals surface area (Å²) in [4.78, 5) is 0. The first kappa shape index (κ1) is 8.17. The van der Waals surface area contributed by atoms with Crippen molar-refractivity contribution in [1.29, 1.82) is 0 Å². The van der Waals surface area contributed by atoms with Crippen molar-refractivity contribution in [3.63, 3.8) is 0 Å². The average molecular weight is 186 g/mol. The molecule has 0 aromatic heterocycles. The molecule has 4 nitrogen and oxygen atoms in total. The van der Waals surface area contributed by atoms with E-state index >= 15 is 0 Å². The Morgan fingerprint density at radius 2 is 1.92 bits per heavy atom. The monoisotopic (exact) mass is 186 g/mol. The molecule has 0 amide bonds. The fourth-order valence-corrected chi connectivity index (χ4v) is 1.91. The third kappa shape index (κ3) is 1.59. The van der Waals surface area contributed by atoms with E-state index in [2.05, 4.69) is 0 Å². The van der Waals surface area contributed by atoms with Gasteiger partial charge in [-0.2, -0.15) is 0 Å². The van der Waals surface area contributed by atoms with Crippen molar-refractivity contribution in [3.8, 4) is 0 Å². The molecule has 3 saturated heterocycles. The van der Waals surface area contributed by atoms with Crippen LogP contribution in [0.2, 0.25) is 0 Å². The van der Waals surface area contributed by atoms with Crippen molar-refractivity contribution in [2.45, 2.75) is 36.8 Å².